The van der Waals surface area contributed by atoms with E-state index in [1.54, 1.807) is 24.3 Å². The van der Waals surface area contributed by atoms with Crippen molar-refractivity contribution in [2.24, 2.45) is 5.92 Å². The Morgan fingerprint density at radius 1 is 1.46 bits per heavy atom. The van der Waals surface area contributed by atoms with Crippen LogP contribution in [0.2, 0.25) is 5.02 Å². The van der Waals surface area contributed by atoms with Gasteiger partial charge in [0.2, 0.25) is 0 Å². The smallest absolute Gasteiger partial charge is 0.262 e. The van der Waals surface area contributed by atoms with Gasteiger partial charge in [0.05, 0.1) is 6.61 Å². The molecule has 5 heteroatoms. The van der Waals surface area contributed by atoms with Gasteiger partial charge in [-0.25, -0.2) is 0 Å². The largest absolute Gasteiger partial charge is 0.493 e. The van der Waals surface area contributed by atoms with Crippen LogP contribution in [-0.2, 0) is 4.79 Å². The summed E-state index contributed by atoms with van der Waals surface area (Å²) < 4.78 is 5.54. The first kappa shape index (κ1) is 18.4. The Balaban J connectivity index is 2.21. The predicted molar refractivity (Wildman–Crippen MR) is 95.8 cm³/mol. The van der Waals surface area contributed by atoms with E-state index in [1.165, 1.54) is 6.42 Å². The molecule has 0 bridgehead atoms. The van der Waals surface area contributed by atoms with Gasteiger partial charge in [-0.2, -0.15) is 5.26 Å². The van der Waals surface area contributed by atoms with Gasteiger partial charge in [-0.3, -0.25) is 4.79 Å². The molecule has 4 nitrogen and oxygen atoms in total. The Labute approximate surface area is 148 Å². The SMILES string of the molecule is CCOc1ccc(Cl)cc1C=C(C#N)C(=O)NC1CCCCC1C. The van der Waals surface area contributed by atoms with Crippen LogP contribution in [0.1, 0.15) is 45.1 Å². The van der Waals surface area contributed by atoms with Gasteiger partial charge < -0.3 is 10.1 Å². The summed E-state index contributed by atoms with van der Waals surface area (Å²) in [6.45, 7) is 4.52. The molecule has 0 aromatic heterocycles. The lowest BCUT2D eigenvalue weighted by Gasteiger charge is -2.29. The van der Waals surface area contributed by atoms with Gasteiger partial charge >= 0.3 is 0 Å². The maximum absolute atomic E-state index is 12.5. The molecule has 24 heavy (non-hydrogen) atoms. The molecule has 1 aromatic rings. The minimum absolute atomic E-state index is 0.0657. The number of rotatable bonds is 5. The zero-order valence-electron chi connectivity index (χ0n) is 14.1. The summed E-state index contributed by atoms with van der Waals surface area (Å²) in [5, 5.41) is 12.9. The molecule has 1 aliphatic carbocycles. The molecule has 1 saturated carbocycles. The van der Waals surface area contributed by atoms with E-state index in [4.69, 9.17) is 16.3 Å². The highest BCUT2D eigenvalue weighted by Gasteiger charge is 2.24. The summed E-state index contributed by atoms with van der Waals surface area (Å²) in [6.07, 6.45) is 5.93. The lowest BCUT2D eigenvalue weighted by molar-refractivity contribution is -0.118. The summed E-state index contributed by atoms with van der Waals surface area (Å²) in [5.74, 6) is 0.708. The van der Waals surface area contributed by atoms with Crippen molar-refractivity contribution in [3.63, 3.8) is 0 Å². The first-order chi connectivity index (χ1) is 11.5. The molecule has 1 aliphatic rings. The summed E-state index contributed by atoms with van der Waals surface area (Å²) in [6, 6.07) is 7.29. The lowest BCUT2D eigenvalue weighted by atomic mass is 9.86. The normalized spacial score (nSPS) is 21.0. The molecule has 2 unspecified atom stereocenters. The number of benzene rings is 1. The Bertz CT molecular complexity index is 664. The molecule has 0 heterocycles. The first-order valence-corrected chi connectivity index (χ1v) is 8.78. The molecule has 128 valence electrons. The van der Waals surface area contributed by atoms with Crippen molar-refractivity contribution in [2.75, 3.05) is 6.61 Å². The Kier molecular flexibility index (Phi) is 6.69. The van der Waals surface area contributed by atoms with Crippen LogP contribution < -0.4 is 10.1 Å². The third-order valence-electron chi connectivity index (χ3n) is 4.36. The average Bonchev–Trinajstić information content (AvgIpc) is 2.57. The van der Waals surface area contributed by atoms with Gasteiger partial charge in [0.1, 0.15) is 17.4 Å². The summed E-state index contributed by atoms with van der Waals surface area (Å²) in [7, 11) is 0. The van der Waals surface area contributed by atoms with E-state index in [-0.39, 0.29) is 17.5 Å². The molecule has 0 aliphatic heterocycles. The van der Waals surface area contributed by atoms with Crippen LogP contribution in [0, 0.1) is 17.2 Å². The maximum atomic E-state index is 12.5. The molecule has 0 saturated heterocycles. The van der Waals surface area contributed by atoms with E-state index >= 15 is 0 Å². The highest BCUT2D eigenvalue weighted by molar-refractivity contribution is 6.30. The van der Waals surface area contributed by atoms with Crippen LogP contribution in [-0.4, -0.2) is 18.6 Å². The van der Waals surface area contributed by atoms with Crippen LogP contribution in [0.25, 0.3) is 6.08 Å². The molecular formula is C19H23ClN2O2. The number of ether oxygens (including phenoxy) is 1. The Hall–Kier alpha value is -1.99. The van der Waals surface area contributed by atoms with Crippen molar-refractivity contribution in [3.8, 4) is 11.8 Å². The van der Waals surface area contributed by atoms with E-state index in [9.17, 15) is 10.1 Å². The van der Waals surface area contributed by atoms with Gasteiger partial charge in [0.25, 0.3) is 5.91 Å². The van der Waals surface area contributed by atoms with Crippen molar-refractivity contribution in [1.82, 2.24) is 5.32 Å². The van der Waals surface area contributed by atoms with Gasteiger partial charge in [0.15, 0.2) is 0 Å². The molecule has 0 spiro atoms. The number of amides is 1. The second-order valence-electron chi connectivity index (χ2n) is 6.13. The number of nitriles is 1. The summed E-state index contributed by atoms with van der Waals surface area (Å²) >= 11 is 6.03. The summed E-state index contributed by atoms with van der Waals surface area (Å²) in [4.78, 5) is 12.5. The van der Waals surface area contributed by atoms with Gasteiger partial charge in [-0.1, -0.05) is 31.4 Å². The maximum Gasteiger partial charge on any atom is 0.262 e. The highest BCUT2D eigenvalue weighted by Crippen LogP contribution is 2.26. The quantitative estimate of drug-likeness (QED) is 0.637. The Morgan fingerprint density at radius 2 is 2.21 bits per heavy atom. The van der Waals surface area contributed by atoms with Crippen LogP contribution in [0.5, 0.6) is 5.75 Å². The van der Waals surface area contributed by atoms with Crippen LogP contribution in [0.3, 0.4) is 0 Å². The number of hydrogen-bond acceptors (Lipinski definition) is 3. The number of nitrogens with zero attached hydrogens (tertiary/aromatic N) is 1. The number of hydrogen-bond donors (Lipinski definition) is 1. The van der Waals surface area contributed by atoms with Gasteiger partial charge in [-0.15, -0.1) is 0 Å². The standard InChI is InChI=1S/C19H23ClN2O2/c1-3-24-18-9-8-16(20)11-14(18)10-15(12-21)19(23)22-17-7-5-4-6-13(17)2/h8-11,13,17H,3-7H2,1-2H3,(H,22,23). The molecule has 2 rings (SSSR count). The number of nitrogens with one attached hydrogen (secondary N) is 1. The zero-order chi connectivity index (χ0) is 17.5. The van der Waals surface area contributed by atoms with Crippen LogP contribution in [0.4, 0.5) is 0 Å². The molecule has 1 fully saturated rings. The molecule has 1 amide bonds. The van der Waals surface area contributed by atoms with Crippen molar-refractivity contribution in [1.29, 1.82) is 5.26 Å². The van der Waals surface area contributed by atoms with E-state index in [0.29, 0.717) is 28.9 Å². The van der Waals surface area contributed by atoms with E-state index < -0.39 is 0 Å². The third-order valence-corrected chi connectivity index (χ3v) is 4.60. The minimum Gasteiger partial charge on any atom is -0.493 e. The topological polar surface area (TPSA) is 62.1 Å². The van der Waals surface area contributed by atoms with E-state index in [1.807, 2.05) is 13.0 Å². The second-order valence-corrected chi connectivity index (χ2v) is 6.56. The lowest BCUT2D eigenvalue weighted by Crippen LogP contribution is -2.41. The fourth-order valence-corrected chi connectivity index (χ4v) is 3.18. The molecule has 1 N–H and O–H groups in total. The Morgan fingerprint density at radius 3 is 2.88 bits per heavy atom. The van der Waals surface area contributed by atoms with Crippen molar-refractivity contribution in [3.05, 3.63) is 34.4 Å². The van der Waals surface area contributed by atoms with E-state index in [2.05, 4.69) is 12.2 Å². The molecule has 1 aromatic carbocycles. The molecular weight excluding hydrogens is 324 g/mol. The first-order valence-electron chi connectivity index (χ1n) is 8.40. The fourth-order valence-electron chi connectivity index (χ4n) is 3.00. The minimum atomic E-state index is -0.335. The second kappa shape index (κ2) is 8.75. The number of halogens is 1. The fraction of sp³-hybridized carbons (Fsp3) is 0.474. The third kappa shape index (κ3) is 4.75. The molecule has 0 radical (unpaired) electrons. The van der Waals surface area contributed by atoms with Gasteiger partial charge in [-0.05, 0) is 50.0 Å². The van der Waals surface area contributed by atoms with E-state index in [0.717, 1.165) is 19.3 Å². The monoisotopic (exact) mass is 346 g/mol. The number of carbonyl (C=O) groups excluding carboxylic acids is 1. The van der Waals surface area contributed by atoms with Gasteiger partial charge in [0, 0.05) is 16.6 Å². The van der Waals surface area contributed by atoms with Crippen molar-refractivity contribution >= 4 is 23.6 Å². The van der Waals surface area contributed by atoms with Crippen LogP contribution in [0.15, 0.2) is 23.8 Å². The van der Waals surface area contributed by atoms with Crippen molar-refractivity contribution < 1.29 is 9.53 Å². The average molecular weight is 347 g/mol. The number of carbonyl (C=O) groups is 1. The predicted octanol–water partition coefficient (Wildman–Crippen LogP) is 4.34. The highest BCUT2D eigenvalue weighted by atomic mass is 35.5. The molecule has 2 atom stereocenters. The summed E-state index contributed by atoms with van der Waals surface area (Å²) in [5.41, 5.74) is 0.698. The van der Waals surface area contributed by atoms with Crippen LogP contribution >= 0.6 is 11.6 Å². The van der Waals surface area contributed by atoms with Crippen molar-refractivity contribution in [2.45, 2.75) is 45.6 Å². The zero-order valence-corrected chi connectivity index (χ0v) is 14.9.